The summed E-state index contributed by atoms with van der Waals surface area (Å²) in [4.78, 5) is 11.7. The third kappa shape index (κ3) is 5.38. The SMILES string of the molecule is Cc1cc(Cl)c(NC(=O)N[C@@H](C)C[S@](C)=O)cc1Cl. The van der Waals surface area contributed by atoms with E-state index in [-0.39, 0.29) is 6.04 Å². The summed E-state index contributed by atoms with van der Waals surface area (Å²) in [5.41, 5.74) is 1.28. The van der Waals surface area contributed by atoms with E-state index in [1.165, 1.54) is 0 Å². The number of benzene rings is 1. The Hall–Kier alpha value is -0.780. The molecule has 0 aliphatic heterocycles. The molecule has 1 aromatic rings. The van der Waals surface area contributed by atoms with Crippen molar-refractivity contribution < 1.29 is 9.00 Å². The quantitative estimate of drug-likeness (QED) is 0.894. The number of carbonyl (C=O) groups is 1. The minimum atomic E-state index is -0.959. The Kier molecular flexibility index (Phi) is 6.10. The molecule has 1 rings (SSSR count). The van der Waals surface area contributed by atoms with Gasteiger partial charge in [-0.2, -0.15) is 0 Å². The second kappa shape index (κ2) is 7.12. The highest BCUT2D eigenvalue weighted by atomic mass is 35.5. The summed E-state index contributed by atoms with van der Waals surface area (Å²) in [6, 6.07) is 2.69. The summed E-state index contributed by atoms with van der Waals surface area (Å²) in [7, 11) is -0.959. The zero-order valence-electron chi connectivity index (χ0n) is 10.9. The number of urea groups is 1. The number of hydrogen-bond donors (Lipinski definition) is 2. The van der Waals surface area contributed by atoms with Gasteiger partial charge < -0.3 is 10.6 Å². The summed E-state index contributed by atoms with van der Waals surface area (Å²) >= 11 is 12.0. The van der Waals surface area contributed by atoms with E-state index >= 15 is 0 Å². The standard InChI is InChI=1S/C12H16Cl2N2O2S/c1-7-4-10(14)11(5-9(7)13)16-12(17)15-8(2)6-19(3)18/h4-5,8H,6H2,1-3H3,(H2,15,16,17)/t8-,19-/m0/s1. The molecule has 0 aromatic heterocycles. The molecule has 106 valence electrons. The average molecular weight is 323 g/mol. The summed E-state index contributed by atoms with van der Waals surface area (Å²) in [5.74, 6) is 0.399. The van der Waals surface area contributed by atoms with Crippen molar-refractivity contribution in [3.8, 4) is 0 Å². The predicted molar refractivity (Wildman–Crippen MR) is 81.7 cm³/mol. The molecule has 4 nitrogen and oxygen atoms in total. The molecular weight excluding hydrogens is 307 g/mol. The van der Waals surface area contributed by atoms with Crippen LogP contribution in [-0.2, 0) is 10.8 Å². The Labute approximate surface area is 125 Å². The lowest BCUT2D eigenvalue weighted by Crippen LogP contribution is -2.39. The van der Waals surface area contributed by atoms with Gasteiger partial charge in [-0.1, -0.05) is 23.2 Å². The highest BCUT2D eigenvalue weighted by Gasteiger charge is 2.11. The highest BCUT2D eigenvalue weighted by Crippen LogP contribution is 2.28. The summed E-state index contributed by atoms with van der Waals surface area (Å²) < 4.78 is 11.0. The molecule has 0 bridgehead atoms. The second-order valence-electron chi connectivity index (χ2n) is 4.32. The van der Waals surface area contributed by atoms with Crippen LogP contribution in [0.15, 0.2) is 12.1 Å². The molecule has 0 aliphatic carbocycles. The van der Waals surface area contributed by atoms with E-state index in [2.05, 4.69) is 10.6 Å². The molecule has 0 fully saturated rings. The molecular formula is C12H16Cl2N2O2S. The average Bonchev–Trinajstić information content (AvgIpc) is 2.24. The van der Waals surface area contributed by atoms with Gasteiger partial charge in [-0.15, -0.1) is 0 Å². The monoisotopic (exact) mass is 322 g/mol. The minimum Gasteiger partial charge on any atom is -0.334 e. The topological polar surface area (TPSA) is 58.2 Å². The molecule has 19 heavy (non-hydrogen) atoms. The van der Waals surface area contributed by atoms with Gasteiger partial charge in [0.05, 0.1) is 10.7 Å². The molecule has 0 aliphatic rings. The highest BCUT2D eigenvalue weighted by molar-refractivity contribution is 7.84. The maximum atomic E-state index is 11.7. The van der Waals surface area contributed by atoms with Crippen LogP contribution in [-0.4, -0.2) is 28.3 Å². The number of nitrogens with one attached hydrogen (secondary N) is 2. The van der Waals surface area contributed by atoms with Crippen LogP contribution < -0.4 is 10.6 Å². The molecule has 0 radical (unpaired) electrons. The first-order valence-electron chi connectivity index (χ1n) is 5.62. The Morgan fingerprint density at radius 3 is 2.58 bits per heavy atom. The van der Waals surface area contributed by atoms with Crippen molar-refractivity contribution >= 4 is 45.7 Å². The van der Waals surface area contributed by atoms with E-state index in [1.807, 2.05) is 6.92 Å². The number of aryl methyl sites for hydroxylation is 1. The molecule has 0 saturated carbocycles. The molecule has 0 spiro atoms. The Morgan fingerprint density at radius 1 is 1.37 bits per heavy atom. The zero-order valence-corrected chi connectivity index (χ0v) is 13.2. The van der Waals surface area contributed by atoms with Crippen LogP contribution in [0.4, 0.5) is 10.5 Å². The van der Waals surface area contributed by atoms with Crippen LogP contribution in [0.25, 0.3) is 0 Å². The lowest BCUT2D eigenvalue weighted by atomic mass is 10.2. The molecule has 1 aromatic carbocycles. The second-order valence-corrected chi connectivity index (χ2v) is 6.61. The summed E-state index contributed by atoms with van der Waals surface area (Å²) in [6.07, 6.45) is 1.59. The Morgan fingerprint density at radius 2 is 2.00 bits per heavy atom. The number of rotatable bonds is 4. The third-order valence-electron chi connectivity index (χ3n) is 2.36. The molecule has 0 saturated heterocycles. The largest absolute Gasteiger partial charge is 0.334 e. The number of amides is 2. The maximum absolute atomic E-state index is 11.7. The van der Waals surface area contributed by atoms with Gasteiger partial charge in [-0.3, -0.25) is 4.21 Å². The van der Waals surface area contributed by atoms with Crippen molar-refractivity contribution in [1.29, 1.82) is 0 Å². The lowest BCUT2D eigenvalue weighted by Gasteiger charge is -2.14. The Balaban J connectivity index is 2.67. The molecule has 7 heteroatoms. The smallest absolute Gasteiger partial charge is 0.319 e. The first-order valence-corrected chi connectivity index (χ1v) is 8.11. The van der Waals surface area contributed by atoms with Crippen LogP contribution in [0.1, 0.15) is 12.5 Å². The van der Waals surface area contributed by atoms with Crippen LogP contribution in [0.3, 0.4) is 0 Å². The van der Waals surface area contributed by atoms with Crippen LogP contribution >= 0.6 is 23.2 Å². The van der Waals surface area contributed by atoms with E-state index in [9.17, 15) is 9.00 Å². The van der Waals surface area contributed by atoms with Gasteiger partial charge in [0.25, 0.3) is 0 Å². The number of anilines is 1. The van der Waals surface area contributed by atoms with Gasteiger partial charge in [0, 0.05) is 33.9 Å². The van der Waals surface area contributed by atoms with Crippen molar-refractivity contribution in [3.05, 3.63) is 27.7 Å². The first kappa shape index (κ1) is 16.3. The Bertz CT molecular complexity index is 509. The third-order valence-corrected chi connectivity index (χ3v) is 4.05. The number of carbonyl (C=O) groups excluding carboxylic acids is 1. The molecule has 0 heterocycles. The lowest BCUT2D eigenvalue weighted by molar-refractivity contribution is 0.250. The van der Waals surface area contributed by atoms with Gasteiger partial charge in [0.1, 0.15) is 0 Å². The van der Waals surface area contributed by atoms with Gasteiger partial charge in [-0.25, -0.2) is 4.79 Å². The van der Waals surface area contributed by atoms with Crippen molar-refractivity contribution in [2.24, 2.45) is 0 Å². The first-order chi connectivity index (χ1) is 8.79. The normalized spacial score (nSPS) is 13.7. The van der Waals surface area contributed by atoms with E-state index in [0.717, 1.165) is 5.56 Å². The summed E-state index contributed by atoms with van der Waals surface area (Å²) in [5, 5.41) is 6.24. The van der Waals surface area contributed by atoms with Crippen LogP contribution in [0.2, 0.25) is 10.0 Å². The summed E-state index contributed by atoms with van der Waals surface area (Å²) in [6.45, 7) is 3.61. The minimum absolute atomic E-state index is 0.189. The van der Waals surface area contributed by atoms with Gasteiger partial charge in [0.2, 0.25) is 0 Å². The van der Waals surface area contributed by atoms with E-state index in [4.69, 9.17) is 23.2 Å². The van der Waals surface area contributed by atoms with E-state index in [0.29, 0.717) is 21.5 Å². The van der Waals surface area contributed by atoms with Gasteiger partial charge in [0.15, 0.2) is 0 Å². The molecule has 2 atom stereocenters. The molecule has 2 N–H and O–H groups in total. The fourth-order valence-electron chi connectivity index (χ4n) is 1.52. The van der Waals surface area contributed by atoms with Crippen LogP contribution in [0.5, 0.6) is 0 Å². The van der Waals surface area contributed by atoms with Gasteiger partial charge >= 0.3 is 6.03 Å². The maximum Gasteiger partial charge on any atom is 0.319 e. The van der Waals surface area contributed by atoms with Crippen LogP contribution in [0, 0.1) is 6.92 Å². The van der Waals surface area contributed by atoms with E-state index in [1.54, 1.807) is 25.3 Å². The zero-order chi connectivity index (χ0) is 14.6. The van der Waals surface area contributed by atoms with E-state index < -0.39 is 16.8 Å². The number of hydrogen-bond acceptors (Lipinski definition) is 2. The number of halogens is 2. The molecule has 2 amide bonds. The molecule has 0 unspecified atom stereocenters. The predicted octanol–water partition coefficient (Wildman–Crippen LogP) is 3.19. The van der Waals surface area contributed by atoms with Crippen molar-refractivity contribution in [2.45, 2.75) is 19.9 Å². The van der Waals surface area contributed by atoms with Gasteiger partial charge in [-0.05, 0) is 31.5 Å². The van der Waals surface area contributed by atoms with Crippen molar-refractivity contribution in [2.75, 3.05) is 17.3 Å². The van der Waals surface area contributed by atoms with Crippen molar-refractivity contribution in [3.63, 3.8) is 0 Å². The fourth-order valence-corrected chi connectivity index (χ4v) is 2.73. The fraction of sp³-hybridized carbons (Fsp3) is 0.417. The van der Waals surface area contributed by atoms with Crippen molar-refractivity contribution in [1.82, 2.24) is 5.32 Å².